The zero-order valence-electron chi connectivity index (χ0n) is 15.9. The first-order valence-electron chi connectivity index (χ1n) is 9.60. The molecule has 0 aromatic heterocycles. The van der Waals surface area contributed by atoms with Crippen LogP contribution in [0.25, 0.3) is 0 Å². The fourth-order valence-electron chi connectivity index (χ4n) is 3.10. The molecule has 0 aliphatic heterocycles. The highest BCUT2D eigenvalue weighted by molar-refractivity contribution is 5.27. The Kier molecular flexibility index (Phi) is 10.0. The van der Waals surface area contributed by atoms with Crippen molar-refractivity contribution in [3.05, 3.63) is 29.8 Å². The van der Waals surface area contributed by atoms with E-state index in [-0.39, 0.29) is 6.61 Å². The van der Waals surface area contributed by atoms with Gasteiger partial charge >= 0.3 is 0 Å². The first kappa shape index (κ1) is 21.0. The van der Waals surface area contributed by atoms with Crippen molar-refractivity contribution in [3.8, 4) is 5.75 Å². The fourth-order valence-corrected chi connectivity index (χ4v) is 3.10. The lowest BCUT2D eigenvalue weighted by Gasteiger charge is -2.29. The molecule has 24 heavy (non-hydrogen) atoms. The van der Waals surface area contributed by atoms with Crippen LogP contribution in [0.5, 0.6) is 5.75 Å². The number of aliphatic hydroxyl groups is 1. The maximum absolute atomic E-state index is 9.59. The third kappa shape index (κ3) is 8.70. The van der Waals surface area contributed by atoms with Crippen LogP contribution in [0.1, 0.15) is 71.3 Å². The van der Waals surface area contributed by atoms with Crippen molar-refractivity contribution in [3.63, 3.8) is 0 Å². The van der Waals surface area contributed by atoms with Gasteiger partial charge in [-0.15, -0.1) is 0 Å². The molecule has 0 spiro atoms. The van der Waals surface area contributed by atoms with Crippen LogP contribution >= 0.6 is 0 Å². The molecule has 0 amide bonds. The van der Waals surface area contributed by atoms with Gasteiger partial charge in [0, 0.05) is 5.54 Å². The van der Waals surface area contributed by atoms with Crippen molar-refractivity contribution in [2.24, 2.45) is 11.7 Å². The molecule has 1 unspecified atom stereocenters. The summed E-state index contributed by atoms with van der Waals surface area (Å²) < 4.78 is 5.80. The standard InChI is InChI=1S/C21H37NO2/c1-4-5-6-7-8-15-24-20-11-9-19(10-12-20)13-14-21(22,17-23)16-18(2)3/h9-12,18,23H,4-8,13-17,22H2,1-3H3. The SMILES string of the molecule is CCCCCCCOc1ccc(CCC(N)(CO)CC(C)C)cc1. The highest BCUT2D eigenvalue weighted by Gasteiger charge is 2.24. The average molecular weight is 336 g/mol. The van der Waals surface area contributed by atoms with Gasteiger partial charge in [0.05, 0.1) is 13.2 Å². The molecule has 0 bridgehead atoms. The van der Waals surface area contributed by atoms with Crippen LogP contribution in [0.15, 0.2) is 24.3 Å². The summed E-state index contributed by atoms with van der Waals surface area (Å²) >= 11 is 0. The second-order valence-electron chi connectivity index (χ2n) is 7.53. The number of aryl methyl sites for hydroxylation is 1. The van der Waals surface area contributed by atoms with Gasteiger partial charge in [0.15, 0.2) is 0 Å². The number of nitrogens with two attached hydrogens (primary N) is 1. The molecule has 0 radical (unpaired) electrons. The van der Waals surface area contributed by atoms with Gasteiger partial charge in [-0.2, -0.15) is 0 Å². The topological polar surface area (TPSA) is 55.5 Å². The van der Waals surface area contributed by atoms with Crippen LogP contribution < -0.4 is 10.5 Å². The molecule has 0 saturated heterocycles. The van der Waals surface area contributed by atoms with Crippen LogP contribution in [0.4, 0.5) is 0 Å². The van der Waals surface area contributed by atoms with Gasteiger partial charge in [0.2, 0.25) is 0 Å². The minimum Gasteiger partial charge on any atom is -0.494 e. The van der Waals surface area contributed by atoms with Gasteiger partial charge in [-0.05, 0) is 49.3 Å². The molecule has 0 heterocycles. The summed E-state index contributed by atoms with van der Waals surface area (Å²) in [5.41, 5.74) is 7.09. The summed E-state index contributed by atoms with van der Waals surface area (Å²) in [6.07, 6.45) is 8.83. The molecular formula is C21H37NO2. The number of ether oxygens (including phenoxy) is 1. The Morgan fingerprint density at radius 1 is 1.08 bits per heavy atom. The van der Waals surface area contributed by atoms with Crippen molar-refractivity contribution in [2.75, 3.05) is 13.2 Å². The zero-order chi connectivity index (χ0) is 17.8. The molecule has 0 saturated carbocycles. The average Bonchev–Trinajstić information content (AvgIpc) is 2.56. The van der Waals surface area contributed by atoms with Gasteiger partial charge in [-0.3, -0.25) is 0 Å². The first-order chi connectivity index (χ1) is 11.5. The van der Waals surface area contributed by atoms with Crippen molar-refractivity contribution in [1.82, 2.24) is 0 Å². The van der Waals surface area contributed by atoms with E-state index in [1.54, 1.807) is 0 Å². The number of hydrogen-bond acceptors (Lipinski definition) is 3. The molecule has 3 nitrogen and oxygen atoms in total. The van der Waals surface area contributed by atoms with Crippen molar-refractivity contribution < 1.29 is 9.84 Å². The first-order valence-corrected chi connectivity index (χ1v) is 9.60. The maximum atomic E-state index is 9.59. The predicted molar refractivity (Wildman–Crippen MR) is 102 cm³/mol. The molecule has 3 heteroatoms. The van der Waals surface area contributed by atoms with E-state index in [1.165, 1.54) is 31.2 Å². The third-order valence-electron chi connectivity index (χ3n) is 4.48. The van der Waals surface area contributed by atoms with Gasteiger partial charge in [0.25, 0.3) is 0 Å². The van der Waals surface area contributed by atoms with E-state index < -0.39 is 5.54 Å². The number of rotatable bonds is 13. The van der Waals surface area contributed by atoms with E-state index in [2.05, 4.69) is 32.9 Å². The number of hydrogen-bond donors (Lipinski definition) is 2. The lowest BCUT2D eigenvalue weighted by atomic mass is 9.85. The highest BCUT2D eigenvalue weighted by atomic mass is 16.5. The smallest absolute Gasteiger partial charge is 0.119 e. The van der Waals surface area contributed by atoms with E-state index in [1.807, 2.05) is 12.1 Å². The predicted octanol–water partition coefficient (Wildman–Crippen LogP) is 4.70. The summed E-state index contributed by atoms with van der Waals surface area (Å²) in [4.78, 5) is 0. The highest BCUT2D eigenvalue weighted by Crippen LogP contribution is 2.21. The van der Waals surface area contributed by atoms with E-state index in [4.69, 9.17) is 10.5 Å². The summed E-state index contributed by atoms with van der Waals surface area (Å²) in [7, 11) is 0. The molecule has 3 N–H and O–H groups in total. The lowest BCUT2D eigenvalue weighted by molar-refractivity contribution is 0.165. The molecule has 1 aromatic carbocycles. The maximum Gasteiger partial charge on any atom is 0.119 e. The van der Waals surface area contributed by atoms with Crippen LogP contribution in [-0.2, 0) is 6.42 Å². The Bertz CT molecular complexity index is 430. The normalized spacial score (nSPS) is 13.9. The molecule has 138 valence electrons. The Hall–Kier alpha value is -1.06. The van der Waals surface area contributed by atoms with Crippen LogP contribution in [0.2, 0.25) is 0 Å². The molecule has 1 aromatic rings. The second kappa shape index (κ2) is 11.5. The summed E-state index contributed by atoms with van der Waals surface area (Å²) in [6.45, 7) is 7.37. The Balaban J connectivity index is 2.33. The van der Waals surface area contributed by atoms with E-state index >= 15 is 0 Å². The summed E-state index contributed by atoms with van der Waals surface area (Å²) in [5, 5.41) is 9.59. The van der Waals surface area contributed by atoms with Gasteiger partial charge in [-0.1, -0.05) is 58.6 Å². The van der Waals surface area contributed by atoms with E-state index in [9.17, 15) is 5.11 Å². The quantitative estimate of drug-likeness (QED) is 0.514. The van der Waals surface area contributed by atoms with E-state index in [0.717, 1.165) is 38.0 Å². The summed E-state index contributed by atoms with van der Waals surface area (Å²) in [6, 6.07) is 8.31. The minimum atomic E-state index is -0.470. The number of aliphatic hydroxyl groups excluding tert-OH is 1. The molecule has 1 rings (SSSR count). The van der Waals surface area contributed by atoms with E-state index in [0.29, 0.717) is 5.92 Å². The Morgan fingerprint density at radius 2 is 1.75 bits per heavy atom. The lowest BCUT2D eigenvalue weighted by Crippen LogP contribution is -2.45. The van der Waals surface area contributed by atoms with Gasteiger partial charge in [-0.25, -0.2) is 0 Å². The van der Waals surface area contributed by atoms with Crippen molar-refractivity contribution >= 4 is 0 Å². The Labute approximate surface area is 148 Å². The number of benzene rings is 1. The minimum absolute atomic E-state index is 0.0460. The largest absolute Gasteiger partial charge is 0.494 e. The van der Waals surface area contributed by atoms with Crippen LogP contribution in [-0.4, -0.2) is 23.9 Å². The van der Waals surface area contributed by atoms with Crippen molar-refractivity contribution in [2.45, 2.75) is 77.7 Å². The summed E-state index contributed by atoms with van der Waals surface area (Å²) in [5.74, 6) is 1.44. The molecule has 0 aliphatic rings. The molecule has 0 aliphatic carbocycles. The van der Waals surface area contributed by atoms with Crippen molar-refractivity contribution in [1.29, 1.82) is 0 Å². The van der Waals surface area contributed by atoms with Crippen LogP contribution in [0.3, 0.4) is 0 Å². The second-order valence-corrected chi connectivity index (χ2v) is 7.53. The number of unbranched alkanes of at least 4 members (excludes halogenated alkanes) is 4. The van der Waals surface area contributed by atoms with Gasteiger partial charge in [0.1, 0.15) is 5.75 Å². The molecule has 0 fully saturated rings. The Morgan fingerprint density at radius 3 is 2.33 bits per heavy atom. The molecule has 1 atom stereocenters. The monoisotopic (exact) mass is 335 g/mol. The molecular weight excluding hydrogens is 298 g/mol. The van der Waals surface area contributed by atoms with Crippen LogP contribution in [0, 0.1) is 5.92 Å². The van der Waals surface area contributed by atoms with Gasteiger partial charge < -0.3 is 15.6 Å². The third-order valence-corrected chi connectivity index (χ3v) is 4.48. The fraction of sp³-hybridized carbons (Fsp3) is 0.714. The zero-order valence-corrected chi connectivity index (χ0v) is 15.9.